The summed E-state index contributed by atoms with van der Waals surface area (Å²) < 4.78 is 1.76. The van der Waals surface area contributed by atoms with Gasteiger partial charge in [-0.1, -0.05) is 13.8 Å². The first-order chi connectivity index (χ1) is 7.63. The first-order valence-electron chi connectivity index (χ1n) is 5.27. The molecular formula is C10H18N4O2. The molecule has 0 aliphatic carbocycles. The molecular weight excluding hydrogens is 208 g/mol. The summed E-state index contributed by atoms with van der Waals surface area (Å²) in [6.07, 6.45) is 3.21. The van der Waals surface area contributed by atoms with Crippen molar-refractivity contribution in [2.45, 2.75) is 20.4 Å². The van der Waals surface area contributed by atoms with Gasteiger partial charge in [0.1, 0.15) is 5.69 Å². The first-order valence-corrected chi connectivity index (χ1v) is 5.27. The van der Waals surface area contributed by atoms with Gasteiger partial charge in [-0.05, 0) is 5.92 Å². The Morgan fingerprint density at radius 3 is 3.06 bits per heavy atom. The van der Waals surface area contributed by atoms with E-state index in [2.05, 4.69) is 10.5 Å². The number of imidazole rings is 1. The van der Waals surface area contributed by atoms with Crippen LogP contribution in [0.5, 0.6) is 0 Å². The van der Waals surface area contributed by atoms with Gasteiger partial charge in [-0.3, -0.25) is 9.63 Å². The minimum Gasteiger partial charge on any atom is -0.335 e. The quantitative estimate of drug-likeness (QED) is 0.677. The van der Waals surface area contributed by atoms with Crippen LogP contribution in [-0.4, -0.2) is 28.6 Å². The van der Waals surface area contributed by atoms with Gasteiger partial charge in [0.05, 0.1) is 12.9 Å². The topological polar surface area (TPSA) is 82.2 Å². The molecule has 0 saturated heterocycles. The third-order valence-electron chi connectivity index (χ3n) is 1.83. The van der Waals surface area contributed by atoms with Gasteiger partial charge in [0, 0.05) is 19.3 Å². The van der Waals surface area contributed by atoms with E-state index in [1.54, 1.807) is 17.1 Å². The van der Waals surface area contributed by atoms with Crippen LogP contribution in [0.25, 0.3) is 0 Å². The van der Waals surface area contributed by atoms with E-state index in [9.17, 15) is 4.79 Å². The van der Waals surface area contributed by atoms with Gasteiger partial charge in [-0.25, -0.2) is 10.5 Å². The van der Waals surface area contributed by atoms with Crippen LogP contribution >= 0.6 is 0 Å². The van der Waals surface area contributed by atoms with Crippen molar-refractivity contribution in [3.8, 4) is 0 Å². The largest absolute Gasteiger partial charge is 0.335 e. The van der Waals surface area contributed by atoms with Gasteiger partial charge < -0.3 is 10.3 Å². The van der Waals surface area contributed by atoms with Crippen LogP contribution in [0, 0.1) is 5.92 Å². The summed E-state index contributed by atoms with van der Waals surface area (Å²) in [4.78, 5) is 20.5. The lowest BCUT2D eigenvalue weighted by Gasteiger charge is -2.05. The number of nitrogens with zero attached hydrogens (tertiary/aromatic N) is 2. The molecule has 1 aromatic heterocycles. The number of carbonyl (C=O) groups is 1. The maximum atomic E-state index is 11.5. The number of amides is 1. The van der Waals surface area contributed by atoms with Gasteiger partial charge in [0.15, 0.2) is 0 Å². The molecule has 0 aliphatic heterocycles. The van der Waals surface area contributed by atoms with Crippen LogP contribution in [-0.2, 0) is 11.4 Å². The fraction of sp³-hybridized carbons (Fsp3) is 0.600. The van der Waals surface area contributed by atoms with Crippen molar-refractivity contribution in [3.63, 3.8) is 0 Å². The number of nitrogens with one attached hydrogen (secondary N) is 1. The Hall–Kier alpha value is -1.40. The predicted molar refractivity (Wildman–Crippen MR) is 59.5 cm³/mol. The van der Waals surface area contributed by atoms with Crippen LogP contribution in [0.4, 0.5) is 0 Å². The van der Waals surface area contributed by atoms with Crippen molar-refractivity contribution in [2.75, 3.05) is 13.2 Å². The predicted octanol–water partition coefficient (Wildman–Crippen LogP) is 0.159. The summed E-state index contributed by atoms with van der Waals surface area (Å²) in [6.45, 7) is 5.65. The number of hydroxylamine groups is 1. The summed E-state index contributed by atoms with van der Waals surface area (Å²) in [6, 6.07) is 0. The zero-order valence-electron chi connectivity index (χ0n) is 9.64. The fourth-order valence-electron chi connectivity index (χ4n) is 1.07. The molecule has 0 atom stereocenters. The Morgan fingerprint density at radius 1 is 1.69 bits per heavy atom. The third-order valence-corrected chi connectivity index (χ3v) is 1.83. The minimum absolute atomic E-state index is 0.331. The lowest BCUT2D eigenvalue weighted by atomic mass is 10.2. The van der Waals surface area contributed by atoms with E-state index in [4.69, 9.17) is 10.6 Å². The molecule has 0 unspecified atom stereocenters. The normalized spacial score (nSPS) is 10.8. The van der Waals surface area contributed by atoms with Crippen molar-refractivity contribution < 1.29 is 9.63 Å². The van der Waals surface area contributed by atoms with Crippen molar-refractivity contribution in [1.82, 2.24) is 15.0 Å². The highest BCUT2D eigenvalue weighted by atomic mass is 16.6. The summed E-state index contributed by atoms with van der Waals surface area (Å²) in [7, 11) is 0. The Morgan fingerprint density at radius 2 is 2.44 bits per heavy atom. The van der Waals surface area contributed by atoms with Crippen molar-refractivity contribution in [1.29, 1.82) is 0 Å². The Bertz CT molecular complexity index is 335. The number of nitrogens with two attached hydrogens (primary N) is 1. The molecule has 16 heavy (non-hydrogen) atoms. The van der Waals surface area contributed by atoms with E-state index in [1.165, 1.54) is 0 Å². The van der Waals surface area contributed by atoms with Crippen LogP contribution in [0.15, 0.2) is 12.5 Å². The molecule has 0 aromatic carbocycles. The maximum Gasteiger partial charge on any atom is 0.295 e. The summed E-state index contributed by atoms with van der Waals surface area (Å²) in [5, 5.41) is 0. The lowest BCUT2D eigenvalue weighted by Crippen LogP contribution is -2.25. The van der Waals surface area contributed by atoms with Gasteiger partial charge >= 0.3 is 0 Å². The van der Waals surface area contributed by atoms with E-state index in [-0.39, 0.29) is 5.91 Å². The van der Waals surface area contributed by atoms with Gasteiger partial charge in [-0.2, -0.15) is 0 Å². The summed E-state index contributed by atoms with van der Waals surface area (Å²) in [5.74, 6) is 0.0338. The SMILES string of the molecule is CC(C)CONC(=O)c1cn(CCN)cn1. The number of aromatic nitrogens is 2. The Balaban J connectivity index is 2.40. The molecule has 1 rings (SSSR count). The second kappa shape index (κ2) is 6.24. The molecule has 1 heterocycles. The monoisotopic (exact) mass is 226 g/mol. The zero-order chi connectivity index (χ0) is 12.0. The van der Waals surface area contributed by atoms with Gasteiger partial charge in [0.2, 0.25) is 0 Å². The van der Waals surface area contributed by atoms with Gasteiger partial charge in [0.25, 0.3) is 5.91 Å². The van der Waals surface area contributed by atoms with Crippen molar-refractivity contribution >= 4 is 5.91 Å². The first kappa shape index (κ1) is 12.7. The molecule has 90 valence electrons. The van der Waals surface area contributed by atoms with Crippen LogP contribution < -0.4 is 11.2 Å². The van der Waals surface area contributed by atoms with E-state index >= 15 is 0 Å². The number of carbonyl (C=O) groups excluding carboxylic acids is 1. The average molecular weight is 226 g/mol. The highest BCUT2D eigenvalue weighted by Crippen LogP contribution is 1.96. The fourth-order valence-corrected chi connectivity index (χ4v) is 1.07. The van der Waals surface area contributed by atoms with Crippen molar-refractivity contribution in [2.24, 2.45) is 11.7 Å². The summed E-state index contributed by atoms with van der Waals surface area (Å²) >= 11 is 0. The molecule has 1 amide bonds. The molecule has 1 aromatic rings. The second-order valence-corrected chi connectivity index (χ2v) is 3.92. The van der Waals surface area contributed by atoms with E-state index in [0.717, 1.165) is 0 Å². The smallest absolute Gasteiger partial charge is 0.295 e. The number of rotatable bonds is 6. The Kier molecular flexibility index (Phi) is 4.94. The highest BCUT2D eigenvalue weighted by molar-refractivity contribution is 5.91. The lowest BCUT2D eigenvalue weighted by molar-refractivity contribution is 0.0205. The van der Waals surface area contributed by atoms with E-state index in [0.29, 0.717) is 31.3 Å². The Labute approximate surface area is 94.7 Å². The van der Waals surface area contributed by atoms with Gasteiger partial charge in [-0.15, -0.1) is 0 Å². The number of hydrogen-bond acceptors (Lipinski definition) is 4. The molecule has 0 spiro atoms. The van der Waals surface area contributed by atoms with Crippen LogP contribution in [0.2, 0.25) is 0 Å². The van der Waals surface area contributed by atoms with E-state index in [1.807, 2.05) is 13.8 Å². The standard InChI is InChI=1S/C10H18N4O2/c1-8(2)6-16-13-10(15)9-5-14(4-3-11)7-12-9/h5,7-8H,3-4,6,11H2,1-2H3,(H,13,15). The molecule has 0 radical (unpaired) electrons. The average Bonchev–Trinajstić information content (AvgIpc) is 2.66. The molecule has 0 fully saturated rings. The summed E-state index contributed by atoms with van der Waals surface area (Å²) in [5.41, 5.74) is 8.06. The molecule has 0 bridgehead atoms. The van der Waals surface area contributed by atoms with Crippen molar-refractivity contribution in [3.05, 3.63) is 18.2 Å². The van der Waals surface area contributed by atoms with E-state index < -0.39 is 0 Å². The molecule has 6 nitrogen and oxygen atoms in total. The highest BCUT2D eigenvalue weighted by Gasteiger charge is 2.09. The molecule has 3 N–H and O–H groups in total. The number of hydrogen-bond donors (Lipinski definition) is 2. The molecule has 0 saturated carbocycles. The maximum absolute atomic E-state index is 11.5. The zero-order valence-corrected chi connectivity index (χ0v) is 9.64. The van der Waals surface area contributed by atoms with Crippen LogP contribution in [0.3, 0.4) is 0 Å². The third kappa shape index (κ3) is 4.00. The minimum atomic E-state index is -0.337. The molecule has 0 aliphatic rings. The molecule has 6 heteroatoms. The van der Waals surface area contributed by atoms with Crippen LogP contribution in [0.1, 0.15) is 24.3 Å². The second-order valence-electron chi connectivity index (χ2n) is 3.92.